The summed E-state index contributed by atoms with van der Waals surface area (Å²) in [5, 5.41) is 0. The molecular formula is C13H21ClN2O. The van der Waals surface area contributed by atoms with Crippen LogP contribution in [0.1, 0.15) is 26.7 Å². The lowest BCUT2D eigenvalue weighted by Gasteiger charge is -2.32. The molecule has 1 aromatic heterocycles. The Kier molecular flexibility index (Phi) is 6.12. The van der Waals surface area contributed by atoms with Crippen LogP contribution in [0.5, 0.6) is 5.88 Å². The predicted molar refractivity (Wildman–Crippen MR) is 73.2 cm³/mol. The first-order chi connectivity index (χ1) is 8.26. The lowest BCUT2D eigenvalue weighted by atomic mass is 10.1. The minimum atomic E-state index is 0.515. The van der Waals surface area contributed by atoms with E-state index in [0.29, 0.717) is 17.8 Å². The first-order valence-corrected chi connectivity index (χ1v) is 6.62. The quantitative estimate of drug-likeness (QED) is 0.700. The fourth-order valence-electron chi connectivity index (χ4n) is 2.03. The Bertz CT molecular complexity index is 329. The molecule has 0 saturated heterocycles. The largest absolute Gasteiger partial charge is 0.481 e. The SMILES string of the molecule is CCC(CC)N(CCCl)c1ccnc(OC)c1. The van der Waals surface area contributed by atoms with Crippen molar-refractivity contribution in [2.24, 2.45) is 0 Å². The highest BCUT2D eigenvalue weighted by atomic mass is 35.5. The van der Waals surface area contributed by atoms with Crippen LogP contribution in [0, 0.1) is 0 Å². The lowest BCUT2D eigenvalue weighted by molar-refractivity contribution is 0.397. The number of methoxy groups -OCH3 is 1. The van der Waals surface area contributed by atoms with Crippen LogP contribution in [0.4, 0.5) is 5.69 Å². The summed E-state index contributed by atoms with van der Waals surface area (Å²) < 4.78 is 5.16. The van der Waals surface area contributed by atoms with E-state index in [9.17, 15) is 0 Å². The minimum absolute atomic E-state index is 0.515. The summed E-state index contributed by atoms with van der Waals surface area (Å²) in [5.74, 6) is 1.27. The van der Waals surface area contributed by atoms with Gasteiger partial charge in [0.05, 0.1) is 7.11 Å². The number of pyridine rings is 1. The Morgan fingerprint density at radius 2 is 2.12 bits per heavy atom. The van der Waals surface area contributed by atoms with Gasteiger partial charge in [-0.2, -0.15) is 0 Å². The summed E-state index contributed by atoms with van der Waals surface area (Å²) in [4.78, 5) is 6.46. The van der Waals surface area contributed by atoms with Gasteiger partial charge in [-0.3, -0.25) is 0 Å². The van der Waals surface area contributed by atoms with E-state index >= 15 is 0 Å². The van der Waals surface area contributed by atoms with Crippen molar-refractivity contribution in [2.45, 2.75) is 32.7 Å². The number of alkyl halides is 1. The third kappa shape index (κ3) is 3.77. The van der Waals surface area contributed by atoms with Gasteiger partial charge in [-0.1, -0.05) is 13.8 Å². The van der Waals surface area contributed by atoms with Gasteiger partial charge in [0, 0.05) is 36.4 Å². The maximum absolute atomic E-state index is 5.89. The summed E-state index contributed by atoms with van der Waals surface area (Å²) >= 11 is 5.89. The minimum Gasteiger partial charge on any atom is -0.481 e. The number of hydrogen-bond acceptors (Lipinski definition) is 3. The fraction of sp³-hybridized carbons (Fsp3) is 0.615. The number of aromatic nitrogens is 1. The Balaban J connectivity index is 2.94. The second kappa shape index (κ2) is 7.38. The normalized spacial score (nSPS) is 10.6. The van der Waals surface area contributed by atoms with Crippen LogP contribution in [0.25, 0.3) is 0 Å². The van der Waals surface area contributed by atoms with Crippen LogP contribution in [0.3, 0.4) is 0 Å². The molecule has 1 rings (SSSR count). The Morgan fingerprint density at radius 1 is 1.41 bits per heavy atom. The van der Waals surface area contributed by atoms with Crippen LogP contribution in [0.15, 0.2) is 18.3 Å². The van der Waals surface area contributed by atoms with Crippen molar-refractivity contribution in [1.82, 2.24) is 4.98 Å². The molecule has 0 atom stereocenters. The van der Waals surface area contributed by atoms with Crippen LogP contribution in [0.2, 0.25) is 0 Å². The van der Waals surface area contributed by atoms with Crippen molar-refractivity contribution >= 4 is 17.3 Å². The van der Waals surface area contributed by atoms with E-state index in [0.717, 1.165) is 25.1 Å². The zero-order chi connectivity index (χ0) is 12.7. The summed E-state index contributed by atoms with van der Waals surface area (Å²) in [6, 6.07) is 4.49. The molecule has 0 aromatic carbocycles. The molecule has 0 aliphatic heterocycles. The number of rotatable bonds is 7. The summed E-state index contributed by atoms with van der Waals surface area (Å²) in [5.41, 5.74) is 1.13. The maximum Gasteiger partial charge on any atom is 0.214 e. The molecule has 3 nitrogen and oxygen atoms in total. The smallest absolute Gasteiger partial charge is 0.214 e. The zero-order valence-electron chi connectivity index (χ0n) is 10.8. The molecule has 0 bridgehead atoms. The second-order valence-electron chi connectivity index (χ2n) is 3.91. The van der Waals surface area contributed by atoms with Gasteiger partial charge in [0.1, 0.15) is 0 Å². The molecule has 1 aromatic rings. The molecule has 0 fully saturated rings. The Labute approximate surface area is 109 Å². The molecule has 0 radical (unpaired) electrons. The highest BCUT2D eigenvalue weighted by molar-refractivity contribution is 6.18. The molecule has 1 heterocycles. The molecule has 96 valence electrons. The van der Waals surface area contributed by atoms with Crippen LogP contribution >= 0.6 is 11.6 Å². The van der Waals surface area contributed by atoms with E-state index in [4.69, 9.17) is 16.3 Å². The highest BCUT2D eigenvalue weighted by Gasteiger charge is 2.15. The highest BCUT2D eigenvalue weighted by Crippen LogP contribution is 2.23. The molecule has 0 aliphatic rings. The molecule has 0 spiro atoms. The van der Waals surface area contributed by atoms with Gasteiger partial charge in [0.2, 0.25) is 5.88 Å². The molecule has 0 unspecified atom stereocenters. The molecule has 4 heteroatoms. The average Bonchev–Trinajstić information content (AvgIpc) is 2.39. The number of halogens is 1. The summed E-state index contributed by atoms with van der Waals surface area (Å²) in [6.07, 6.45) is 3.99. The first-order valence-electron chi connectivity index (χ1n) is 6.09. The molecule has 0 N–H and O–H groups in total. The van der Waals surface area contributed by atoms with E-state index in [1.54, 1.807) is 13.3 Å². The molecule has 0 saturated carbocycles. The topological polar surface area (TPSA) is 25.4 Å². The van der Waals surface area contributed by atoms with E-state index in [-0.39, 0.29) is 0 Å². The fourth-order valence-corrected chi connectivity index (χ4v) is 2.21. The number of anilines is 1. The lowest BCUT2D eigenvalue weighted by Crippen LogP contribution is -2.36. The van der Waals surface area contributed by atoms with Crippen LogP contribution in [-0.2, 0) is 0 Å². The zero-order valence-corrected chi connectivity index (χ0v) is 11.6. The number of ether oxygens (including phenoxy) is 1. The standard InChI is InChI=1S/C13H21ClN2O/c1-4-11(5-2)16(9-7-14)12-6-8-15-13(10-12)17-3/h6,8,10-11H,4-5,7,9H2,1-3H3. The summed E-state index contributed by atoms with van der Waals surface area (Å²) in [7, 11) is 1.63. The number of nitrogens with zero attached hydrogens (tertiary/aromatic N) is 2. The van der Waals surface area contributed by atoms with Crippen molar-refractivity contribution < 1.29 is 4.74 Å². The third-order valence-electron chi connectivity index (χ3n) is 2.97. The molecular weight excluding hydrogens is 236 g/mol. The van der Waals surface area contributed by atoms with Crippen molar-refractivity contribution in [1.29, 1.82) is 0 Å². The molecule has 0 amide bonds. The molecule has 0 aliphatic carbocycles. The van der Waals surface area contributed by atoms with Gasteiger partial charge in [0.15, 0.2) is 0 Å². The van der Waals surface area contributed by atoms with E-state index in [1.807, 2.05) is 12.1 Å². The molecule has 17 heavy (non-hydrogen) atoms. The van der Waals surface area contributed by atoms with Gasteiger partial charge >= 0.3 is 0 Å². The van der Waals surface area contributed by atoms with Crippen LogP contribution < -0.4 is 9.64 Å². The monoisotopic (exact) mass is 256 g/mol. The van der Waals surface area contributed by atoms with Crippen molar-refractivity contribution in [3.8, 4) is 5.88 Å². The average molecular weight is 257 g/mol. The Morgan fingerprint density at radius 3 is 2.65 bits per heavy atom. The van der Waals surface area contributed by atoms with Gasteiger partial charge in [-0.05, 0) is 18.9 Å². The van der Waals surface area contributed by atoms with Crippen molar-refractivity contribution in [3.05, 3.63) is 18.3 Å². The third-order valence-corrected chi connectivity index (χ3v) is 3.14. The summed E-state index contributed by atoms with van der Waals surface area (Å²) in [6.45, 7) is 5.25. The number of hydrogen-bond donors (Lipinski definition) is 0. The van der Waals surface area contributed by atoms with Crippen molar-refractivity contribution in [3.63, 3.8) is 0 Å². The van der Waals surface area contributed by atoms with Gasteiger partial charge < -0.3 is 9.64 Å². The Hall–Kier alpha value is -0.960. The van der Waals surface area contributed by atoms with Gasteiger partial charge in [0.25, 0.3) is 0 Å². The van der Waals surface area contributed by atoms with E-state index < -0.39 is 0 Å². The van der Waals surface area contributed by atoms with E-state index in [2.05, 4.69) is 23.7 Å². The first kappa shape index (κ1) is 14.1. The second-order valence-corrected chi connectivity index (χ2v) is 4.29. The maximum atomic E-state index is 5.89. The van der Waals surface area contributed by atoms with Gasteiger partial charge in [-0.25, -0.2) is 4.98 Å². The van der Waals surface area contributed by atoms with Crippen LogP contribution in [-0.4, -0.2) is 30.6 Å². The van der Waals surface area contributed by atoms with Crippen molar-refractivity contribution in [2.75, 3.05) is 24.4 Å². The van der Waals surface area contributed by atoms with Gasteiger partial charge in [-0.15, -0.1) is 11.6 Å². The van der Waals surface area contributed by atoms with E-state index in [1.165, 1.54) is 0 Å². The predicted octanol–water partition coefficient (Wildman–Crippen LogP) is 3.32.